The maximum Gasteiger partial charge on any atom is 0.251 e. The van der Waals surface area contributed by atoms with E-state index in [9.17, 15) is 4.79 Å². The van der Waals surface area contributed by atoms with E-state index in [1.165, 1.54) is 0 Å². The summed E-state index contributed by atoms with van der Waals surface area (Å²) in [5, 5.41) is 6.14. The predicted octanol–water partition coefficient (Wildman–Crippen LogP) is 2.42. The summed E-state index contributed by atoms with van der Waals surface area (Å²) in [4.78, 5) is 12.1. The van der Waals surface area contributed by atoms with Gasteiger partial charge in [0.2, 0.25) is 0 Å². The molecule has 0 bridgehead atoms. The first kappa shape index (κ1) is 12.5. The first-order chi connectivity index (χ1) is 9.83. The molecule has 102 valence electrons. The lowest BCUT2D eigenvalue weighted by Gasteiger charge is -2.19. The summed E-state index contributed by atoms with van der Waals surface area (Å²) in [7, 11) is 0. The number of carbonyl (C=O) groups is 1. The van der Waals surface area contributed by atoms with Crippen LogP contribution in [0.3, 0.4) is 0 Å². The molecular formula is C16H16N2O2. The normalized spacial score (nSPS) is 12.8. The molecule has 0 saturated carbocycles. The molecule has 1 aliphatic rings. The Hall–Kier alpha value is -2.49. The molecule has 2 aromatic carbocycles. The fourth-order valence-electron chi connectivity index (χ4n) is 2.16. The van der Waals surface area contributed by atoms with Gasteiger partial charge in [-0.2, -0.15) is 0 Å². The lowest BCUT2D eigenvalue weighted by molar-refractivity contribution is 0.0950. The molecule has 0 aliphatic carbocycles. The molecule has 2 N–H and O–H groups in total. The Morgan fingerprint density at radius 3 is 2.90 bits per heavy atom. The van der Waals surface area contributed by atoms with Gasteiger partial charge in [0, 0.05) is 18.7 Å². The van der Waals surface area contributed by atoms with Crippen LogP contribution in [0.25, 0.3) is 0 Å². The van der Waals surface area contributed by atoms with Crippen molar-refractivity contribution in [1.29, 1.82) is 0 Å². The van der Waals surface area contributed by atoms with Gasteiger partial charge in [-0.3, -0.25) is 4.79 Å². The maximum absolute atomic E-state index is 12.1. The quantitative estimate of drug-likeness (QED) is 0.899. The summed E-state index contributed by atoms with van der Waals surface area (Å²) in [6.45, 7) is 1.95. The number of hydrogen-bond acceptors (Lipinski definition) is 3. The molecule has 0 saturated heterocycles. The number of carbonyl (C=O) groups excluding carboxylic acids is 1. The van der Waals surface area contributed by atoms with Gasteiger partial charge in [0.05, 0.1) is 5.69 Å². The number of hydrogen-bond donors (Lipinski definition) is 2. The largest absolute Gasteiger partial charge is 0.490 e. The second-order valence-electron chi connectivity index (χ2n) is 4.65. The van der Waals surface area contributed by atoms with Gasteiger partial charge in [-0.1, -0.05) is 30.3 Å². The molecule has 0 fully saturated rings. The zero-order valence-electron chi connectivity index (χ0n) is 11.1. The van der Waals surface area contributed by atoms with Crippen molar-refractivity contribution in [3.05, 3.63) is 59.7 Å². The number of benzene rings is 2. The standard InChI is InChI=1S/C16H16N2O2/c19-16(18-11-12-4-2-1-3-5-12)13-6-7-14-15(10-13)20-9-8-17-14/h1-7,10,17H,8-9,11H2,(H,18,19). The van der Waals surface area contributed by atoms with Crippen LogP contribution in [-0.2, 0) is 6.54 Å². The van der Waals surface area contributed by atoms with Crippen LogP contribution in [-0.4, -0.2) is 19.1 Å². The molecule has 0 aromatic heterocycles. The zero-order chi connectivity index (χ0) is 13.8. The van der Waals surface area contributed by atoms with Crippen LogP contribution in [0.4, 0.5) is 5.69 Å². The Bertz CT molecular complexity index is 611. The van der Waals surface area contributed by atoms with Gasteiger partial charge < -0.3 is 15.4 Å². The average Bonchev–Trinajstić information content (AvgIpc) is 2.53. The Morgan fingerprint density at radius 1 is 1.20 bits per heavy atom. The van der Waals surface area contributed by atoms with Crippen LogP contribution in [0.2, 0.25) is 0 Å². The van der Waals surface area contributed by atoms with Crippen molar-refractivity contribution in [2.75, 3.05) is 18.5 Å². The van der Waals surface area contributed by atoms with Crippen molar-refractivity contribution in [3.63, 3.8) is 0 Å². The molecule has 1 amide bonds. The van der Waals surface area contributed by atoms with Crippen molar-refractivity contribution in [2.45, 2.75) is 6.54 Å². The third kappa shape index (κ3) is 2.74. The number of ether oxygens (including phenoxy) is 1. The van der Waals surface area contributed by atoms with E-state index in [1.54, 1.807) is 12.1 Å². The van der Waals surface area contributed by atoms with Crippen molar-refractivity contribution < 1.29 is 9.53 Å². The van der Waals surface area contributed by atoms with E-state index in [-0.39, 0.29) is 5.91 Å². The maximum atomic E-state index is 12.1. The van der Waals surface area contributed by atoms with Gasteiger partial charge in [0.1, 0.15) is 12.4 Å². The number of fused-ring (bicyclic) bond motifs is 1. The van der Waals surface area contributed by atoms with Crippen LogP contribution in [0.5, 0.6) is 5.75 Å². The molecule has 0 spiro atoms. The molecule has 3 rings (SSSR count). The molecular weight excluding hydrogens is 252 g/mol. The van der Waals surface area contributed by atoms with Crippen molar-refractivity contribution >= 4 is 11.6 Å². The Morgan fingerprint density at radius 2 is 2.05 bits per heavy atom. The van der Waals surface area contributed by atoms with E-state index in [4.69, 9.17) is 4.74 Å². The molecule has 20 heavy (non-hydrogen) atoms. The van der Waals surface area contributed by atoms with Crippen molar-refractivity contribution in [3.8, 4) is 5.75 Å². The van der Waals surface area contributed by atoms with Crippen LogP contribution in [0.15, 0.2) is 48.5 Å². The average molecular weight is 268 g/mol. The number of anilines is 1. The monoisotopic (exact) mass is 268 g/mol. The van der Waals surface area contributed by atoms with E-state index < -0.39 is 0 Å². The lowest BCUT2D eigenvalue weighted by Crippen LogP contribution is -2.23. The first-order valence-electron chi connectivity index (χ1n) is 6.66. The van der Waals surface area contributed by atoms with Gasteiger partial charge in [-0.15, -0.1) is 0 Å². The fraction of sp³-hybridized carbons (Fsp3) is 0.188. The second-order valence-corrected chi connectivity index (χ2v) is 4.65. The summed E-state index contributed by atoms with van der Waals surface area (Å²) < 4.78 is 5.53. The molecule has 1 aliphatic heterocycles. The summed E-state index contributed by atoms with van der Waals surface area (Å²) in [6, 6.07) is 15.3. The minimum Gasteiger partial charge on any atom is -0.490 e. The summed E-state index contributed by atoms with van der Waals surface area (Å²) >= 11 is 0. The third-order valence-electron chi connectivity index (χ3n) is 3.21. The highest BCUT2D eigenvalue weighted by atomic mass is 16.5. The lowest BCUT2D eigenvalue weighted by atomic mass is 10.1. The minimum atomic E-state index is -0.0918. The molecule has 4 nitrogen and oxygen atoms in total. The smallest absolute Gasteiger partial charge is 0.251 e. The van der Waals surface area contributed by atoms with E-state index in [2.05, 4.69) is 10.6 Å². The molecule has 2 aromatic rings. The number of rotatable bonds is 3. The SMILES string of the molecule is O=C(NCc1ccccc1)c1ccc2c(c1)OCCN2. The topological polar surface area (TPSA) is 50.4 Å². The Balaban J connectivity index is 1.68. The highest BCUT2D eigenvalue weighted by molar-refractivity contribution is 5.95. The minimum absolute atomic E-state index is 0.0918. The summed E-state index contributed by atoms with van der Waals surface area (Å²) in [6.07, 6.45) is 0. The second kappa shape index (κ2) is 5.65. The van der Waals surface area contributed by atoms with Crippen LogP contribution in [0.1, 0.15) is 15.9 Å². The molecule has 4 heteroatoms. The zero-order valence-corrected chi connectivity index (χ0v) is 11.1. The van der Waals surface area contributed by atoms with Gasteiger partial charge in [0.15, 0.2) is 0 Å². The number of amides is 1. The Kier molecular flexibility index (Phi) is 3.54. The number of nitrogens with one attached hydrogen (secondary N) is 2. The van der Waals surface area contributed by atoms with Crippen LogP contribution >= 0.6 is 0 Å². The highest BCUT2D eigenvalue weighted by Gasteiger charge is 2.13. The van der Waals surface area contributed by atoms with E-state index in [0.29, 0.717) is 18.7 Å². The Labute approximate surface area is 117 Å². The van der Waals surface area contributed by atoms with Crippen LogP contribution < -0.4 is 15.4 Å². The predicted molar refractivity (Wildman–Crippen MR) is 78.0 cm³/mol. The molecule has 1 heterocycles. The van der Waals surface area contributed by atoms with E-state index in [1.807, 2.05) is 36.4 Å². The van der Waals surface area contributed by atoms with Gasteiger partial charge in [-0.25, -0.2) is 0 Å². The van der Waals surface area contributed by atoms with Gasteiger partial charge in [0.25, 0.3) is 5.91 Å². The molecule has 0 radical (unpaired) electrons. The summed E-state index contributed by atoms with van der Waals surface area (Å²) in [5.74, 6) is 0.648. The fourth-order valence-corrected chi connectivity index (χ4v) is 2.16. The first-order valence-corrected chi connectivity index (χ1v) is 6.66. The third-order valence-corrected chi connectivity index (χ3v) is 3.21. The van der Waals surface area contributed by atoms with E-state index in [0.717, 1.165) is 23.5 Å². The highest BCUT2D eigenvalue weighted by Crippen LogP contribution is 2.28. The van der Waals surface area contributed by atoms with Gasteiger partial charge >= 0.3 is 0 Å². The summed E-state index contributed by atoms with van der Waals surface area (Å²) in [5.41, 5.74) is 2.64. The molecule has 0 atom stereocenters. The van der Waals surface area contributed by atoms with E-state index >= 15 is 0 Å². The molecule has 0 unspecified atom stereocenters. The van der Waals surface area contributed by atoms with Crippen molar-refractivity contribution in [1.82, 2.24) is 5.32 Å². The van der Waals surface area contributed by atoms with Crippen LogP contribution in [0, 0.1) is 0 Å². The van der Waals surface area contributed by atoms with Crippen molar-refractivity contribution in [2.24, 2.45) is 0 Å². The van der Waals surface area contributed by atoms with Gasteiger partial charge in [-0.05, 0) is 23.8 Å².